The molecule has 3 N–H and O–H groups in total. The van der Waals surface area contributed by atoms with E-state index in [-0.39, 0.29) is 10.8 Å². The highest BCUT2D eigenvalue weighted by Crippen LogP contribution is 2.41. The van der Waals surface area contributed by atoms with Crippen LogP contribution < -0.4 is 5.84 Å². The number of halogens is 1. The summed E-state index contributed by atoms with van der Waals surface area (Å²) in [4.78, 5) is 20.9. The zero-order valence-electron chi connectivity index (χ0n) is 28.4. The fraction of sp³-hybridized carbons (Fsp3) is 0.143. The van der Waals surface area contributed by atoms with Crippen molar-refractivity contribution in [3.63, 3.8) is 0 Å². The fourth-order valence-electron chi connectivity index (χ4n) is 6.55. The first-order valence-electron chi connectivity index (χ1n) is 16.8. The molecule has 0 radical (unpaired) electrons. The molecule has 6 rings (SSSR count). The number of benzene rings is 5. The lowest BCUT2D eigenvalue weighted by Gasteiger charge is -2.41. The monoisotopic (exact) mass is 694 g/mol. The van der Waals surface area contributed by atoms with Crippen LogP contribution >= 0.6 is 11.6 Å². The van der Waals surface area contributed by atoms with Crippen LogP contribution in [0.15, 0.2) is 150 Å². The topological polar surface area (TPSA) is 109 Å². The number of aromatic nitrogens is 2. The quantitative estimate of drug-likeness (QED) is 0.0413. The van der Waals surface area contributed by atoms with Gasteiger partial charge in [-0.2, -0.15) is 0 Å². The van der Waals surface area contributed by atoms with E-state index in [1.807, 2.05) is 103 Å². The summed E-state index contributed by atoms with van der Waals surface area (Å²) in [5.41, 5.74) is 5.26. The third-order valence-corrected chi connectivity index (χ3v) is 9.27. The van der Waals surface area contributed by atoms with E-state index in [0.29, 0.717) is 24.6 Å². The molecule has 1 heterocycles. The Bertz CT molecular complexity index is 2040. The molecule has 0 fully saturated rings. The highest BCUT2D eigenvalue weighted by molar-refractivity contribution is 6.32. The molecule has 8 nitrogen and oxygen atoms in total. The smallest absolute Gasteiger partial charge is 0.355 e. The molecule has 6 aromatic rings. The normalized spacial score (nSPS) is 11.7. The predicted octanol–water partition coefficient (Wildman–Crippen LogP) is 8.82. The van der Waals surface area contributed by atoms with Gasteiger partial charge < -0.3 is 9.67 Å². The van der Waals surface area contributed by atoms with Crippen LogP contribution in [0.5, 0.6) is 0 Å². The number of hydrogen-bond donors (Lipinski definition) is 2. The molecule has 0 aliphatic rings. The highest BCUT2D eigenvalue weighted by Gasteiger charge is 2.41. The standard InChI is InChI=1S/C42H39ClN6O2/c1-3-4-24-37-46-39(43)38(41(50)51)48(37)29-30-25-27-31(28-26-30)35-22-14-15-23-36(35)40(45-2)47-49(44)42(32-16-8-5-9-17-32,33-18-10-6-11-19-33)34-20-12-7-13-21-34/h5-23,25-28H,2-4,24,29,44H2,1H3,(H,50,51)/b47-40-. The second-order valence-electron chi connectivity index (χ2n) is 12.1. The number of rotatable bonds is 13. The third kappa shape index (κ3) is 7.10. The molecule has 0 aliphatic carbocycles. The van der Waals surface area contributed by atoms with Gasteiger partial charge >= 0.3 is 5.97 Å². The van der Waals surface area contributed by atoms with Crippen molar-refractivity contribution in [3.8, 4) is 11.1 Å². The van der Waals surface area contributed by atoms with Crippen molar-refractivity contribution >= 4 is 30.1 Å². The molecule has 0 bridgehead atoms. The molecule has 5 aromatic carbocycles. The van der Waals surface area contributed by atoms with Gasteiger partial charge in [0.2, 0.25) is 0 Å². The molecule has 0 saturated heterocycles. The Kier molecular flexibility index (Phi) is 10.8. The Balaban J connectivity index is 1.40. The van der Waals surface area contributed by atoms with Crippen LogP contribution in [0.3, 0.4) is 0 Å². The second-order valence-corrected chi connectivity index (χ2v) is 12.5. The Morgan fingerprint density at radius 1 is 0.843 bits per heavy atom. The first-order chi connectivity index (χ1) is 24.9. The number of carboxylic acids is 1. The SMILES string of the molecule is C=N/C(=N\N(N)C(c1ccccc1)(c1ccccc1)c1ccccc1)c1ccccc1-c1ccc(Cn2c(CCCC)nc(Cl)c2C(=O)O)cc1. The maximum atomic E-state index is 12.1. The van der Waals surface area contributed by atoms with E-state index in [0.717, 1.165) is 51.8 Å². The number of nitrogens with zero attached hydrogens (tertiary/aromatic N) is 5. The van der Waals surface area contributed by atoms with Gasteiger partial charge in [0.15, 0.2) is 16.7 Å². The van der Waals surface area contributed by atoms with Gasteiger partial charge in [-0.1, -0.05) is 164 Å². The number of hydrazone groups is 1. The lowest BCUT2D eigenvalue weighted by molar-refractivity contribution is 0.0685. The molecule has 1 aromatic heterocycles. The van der Waals surface area contributed by atoms with Crippen molar-refractivity contribution in [3.05, 3.63) is 184 Å². The maximum Gasteiger partial charge on any atom is 0.355 e. The van der Waals surface area contributed by atoms with Gasteiger partial charge in [0.1, 0.15) is 11.4 Å². The summed E-state index contributed by atoms with van der Waals surface area (Å²) in [5.74, 6) is 7.03. The number of imidazole rings is 1. The summed E-state index contributed by atoms with van der Waals surface area (Å²) in [6, 6.07) is 46.0. The highest BCUT2D eigenvalue weighted by atomic mass is 35.5. The molecule has 0 saturated carbocycles. The van der Waals surface area contributed by atoms with Crippen LogP contribution in [0.4, 0.5) is 0 Å². The van der Waals surface area contributed by atoms with Crippen molar-refractivity contribution in [1.29, 1.82) is 0 Å². The van der Waals surface area contributed by atoms with Crippen LogP contribution in [0.2, 0.25) is 5.15 Å². The number of aliphatic imine (C=N–C) groups is 1. The summed E-state index contributed by atoms with van der Waals surface area (Å²) in [6.07, 6.45) is 2.48. The average molecular weight is 695 g/mol. The summed E-state index contributed by atoms with van der Waals surface area (Å²) in [5, 5.41) is 16.4. The van der Waals surface area contributed by atoms with Crippen LogP contribution in [-0.4, -0.2) is 38.3 Å². The molecule has 0 atom stereocenters. The number of unbranched alkanes of at least 4 members (excludes halogenated alkanes) is 1. The largest absolute Gasteiger partial charge is 0.476 e. The molecule has 0 amide bonds. The van der Waals surface area contributed by atoms with E-state index in [4.69, 9.17) is 22.5 Å². The van der Waals surface area contributed by atoms with Crippen LogP contribution in [-0.2, 0) is 18.5 Å². The van der Waals surface area contributed by atoms with Gasteiger partial charge in [-0.25, -0.2) is 25.7 Å². The first-order valence-corrected chi connectivity index (χ1v) is 17.2. The lowest BCUT2D eigenvalue weighted by Crippen LogP contribution is -2.49. The molecular formula is C42H39ClN6O2. The molecule has 0 unspecified atom stereocenters. The number of hydrazine groups is 1. The van der Waals surface area contributed by atoms with E-state index in [2.05, 4.69) is 60.0 Å². The number of carbonyl (C=O) groups is 1. The fourth-order valence-corrected chi connectivity index (χ4v) is 6.83. The summed E-state index contributed by atoms with van der Waals surface area (Å²) >= 11 is 6.27. The van der Waals surface area contributed by atoms with Gasteiger partial charge in [-0.05, 0) is 46.5 Å². The van der Waals surface area contributed by atoms with Crippen molar-refractivity contribution in [2.24, 2.45) is 15.9 Å². The predicted molar refractivity (Wildman–Crippen MR) is 205 cm³/mol. The van der Waals surface area contributed by atoms with Gasteiger partial charge in [-0.15, -0.1) is 5.10 Å². The number of nitrogens with two attached hydrogens (primary N) is 1. The van der Waals surface area contributed by atoms with Crippen molar-refractivity contribution in [2.45, 2.75) is 38.3 Å². The van der Waals surface area contributed by atoms with Gasteiger partial charge in [0.05, 0.1) is 0 Å². The molecule has 51 heavy (non-hydrogen) atoms. The zero-order valence-corrected chi connectivity index (χ0v) is 29.1. The van der Waals surface area contributed by atoms with Crippen molar-refractivity contribution in [1.82, 2.24) is 14.7 Å². The molecule has 0 aliphatic heterocycles. The summed E-state index contributed by atoms with van der Waals surface area (Å²) in [6.45, 7) is 6.32. The Morgan fingerprint density at radius 3 is 1.88 bits per heavy atom. The minimum atomic E-state index is -1.10. The minimum absolute atomic E-state index is 0.000902. The van der Waals surface area contributed by atoms with Gasteiger partial charge in [-0.3, -0.25) is 0 Å². The first kappa shape index (κ1) is 35.0. The van der Waals surface area contributed by atoms with Crippen LogP contribution in [0, 0.1) is 0 Å². The number of hydrogen-bond acceptors (Lipinski definition) is 5. The van der Waals surface area contributed by atoms with E-state index in [1.165, 1.54) is 5.12 Å². The second kappa shape index (κ2) is 15.8. The molecule has 256 valence electrons. The summed E-state index contributed by atoms with van der Waals surface area (Å²) < 4.78 is 1.70. The van der Waals surface area contributed by atoms with Gasteiger partial charge in [0.25, 0.3) is 0 Å². The van der Waals surface area contributed by atoms with E-state index >= 15 is 0 Å². The Labute approximate surface area is 303 Å². The Hall–Kier alpha value is -5.83. The van der Waals surface area contributed by atoms with Crippen molar-refractivity contribution < 1.29 is 9.90 Å². The molecule has 9 heteroatoms. The minimum Gasteiger partial charge on any atom is -0.476 e. The molecular weight excluding hydrogens is 656 g/mol. The van der Waals surface area contributed by atoms with Crippen LogP contribution in [0.1, 0.15) is 63.9 Å². The number of carboxylic acid groups (broad SMARTS) is 1. The third-order valence-electron chi connectivity index (χ3n) is 9.00. The van der Waals surface area contributed by atoms with Crippen molar-refractivity contribution in [2.75, 3.05) is 0 Å². The van der Waals surface area contributed by atoms with E-state index < -0.39 is 11.5 Å². The average Bonchev–Trinajstić information content (AvgIpc) is 3.49. The van der Waals surface area contributed by atoms with Crippen LogP contribution in [0.25, 0.3) is 11.1 Å². The van der Waals surface area contributed by atoms with E-state index in [1.54, 1.807) is 4.57 Å². The molecule has 0 spiro atoms. The zero-order chi connectivity index (χ0) is 35.8. The Morgan fingerprint density at radius 2 is 1.37 bits per heavy atom. The van der Waals surface area contributed by atoms with E-state index in [9.17, 15) is 9.90 Å². The van der Waals surface area contributed by atoms with Gasteiger partial charge in [0, 0.05) is 18.5 Å². The number of amidine groups is 1. The summed E-state index contributed by atoms with van der Waals surface area (Å²) in [7, 11) is 0. The maximum absolute atomic E-state index is 12.1. The number of aryl methyl sites for hydroxylation is 1. The lowest BCUT2D eigenvalue weighted by atomic mass is 9.77. The number of aromatic carboxylic acids is 1.